The van der Waals surface area contributed by atoms with Crippen LogP contribution >= 0.6 is 0 Å². The summed E-state index contributed by atoms with van der Waals surface area (Å²) < 4.78 is 59.9. The second kappa shape index (κ2) is 10.9. The monoisotopic (exact) mass is 520 g/mol. The Hall–Kier alpha value is -3.03. The number of carbonyl (C=O) groups excluding carboxylic acids is 4. The topological polar surface area (TPSA) is 140 Å². The number of rotatable bonds is 12. The number of nitrogens with zero attached hydrogens (tertiary/aromatic N) is 1. The minimum Gasteiger partial charge on any atom is -0.357 e. The van der Waals surface area contributed by atoms with Crippen molar-refractivity contribution in [1.29, 1.82) is 0 Å². The van der Waals surface area contributed by atoms with Crippen LogP contribution < -0.4 is 16.0 Å². The van der Waals surface area contributed by atoms with Gasteiger partial charge < -0.3 is 20.5 Å². The smallest absolute Gasteiger partial charge is 0.357 e. The zero-order valence-corrected chi connectivity index (χ0v) is 19.7. The quantitative estimate of drug-likeness (QED) is 0.358. The van der Waals surface area contributed by atoms with E-state index in [1.807, 2.05) is 0 Å². The number of carbonyl (C=O) groups is 4. The molecular weight excluding hydrogens is 492 g/mol. The first-order chi connectivity index (χ1) is 16.7. The van der Waals surface area contributed by atoms with Crippen LogP contribution in [0, 0.1) is 11.8 Å². The largest absolute Gasteiger partial charge is 0.522 e. The first-order valence-electron chi connectivity index (χ1n) is 11.5. The molecule has 14 heteroatoms. The van der Waals surface area contributed by atoms with Crippen LogP contribution in [-0.4, -0.2) is 60.3 Å². The van der Waals surface area contributed by atoms with E-state index in [0.717, 1.165) is 18.9 Å². The molecule has 0 bridgehead atoms. The van der Waals surface area contributed by atoms with Crippen LogP contribution in [0.1, 0.15) is 62.2 Å². The molecule has 3 atom stereocenters. The molecule has 0 unspecified atom stereocenters. The predicted octanol–water partition coefficient (Wildman–Crippen LogP) is 1.89. The fraction of sp³-hybridized carbons (Fsp3) is 0.682. The number of halogens is 4. The van der Waals surface area contributed by atoms with Gasteiger partial charge in [-0.25, -0.2) is 4.39 Å². The average molecular weight is 520 g/mol. The molecule has 1 aromatic heterocycles. The van der Waals surface area contributed by atoms with Crippen LogP contribution in [0.2, 0.25) is 0 Å². The number of nitrogens with one attached hydrogen (secondary N) is 3. The maximum atomic E-state index is 14.0. The number of aromatic nitrogens is 1. The Balaban J connectivity index is 1.71. The average Bonchev–Trinajstić information content (AvgIpc) is 3.27. The lowest BCUT2D eigenvalue weighted by atomic mass is 9.95. The SMILES string of the molecule is CC(C)(F)c1cc(C(=O)N[C@@H](CC2CC2)C(=O)N[C@@H](C[C@@H]2CCNC2=O)C(=O)COC(F)(F)F)no1. The first-order valence-corrected chi connectivity index (χ1v) is 11.5. The van der Waals surface area contributed by atoms with Crippen molar-refractivity contribution in [3.63, 3.8) is 0 Å². The van der Waals surface area contributed by atoms with Gasteiger partial charge in [-0.15, -0.1) is 13.2 Å². The van der Waals surface area contributed by atoms with Gasteiger partial charge in [0.25, 0.3) is 5.91 Å². The molecule has 3 rings (SSSR count). The van der Waals surface area contributed by atoms with Gasteiger partial charge in [-0.2, -0.15) is 0 Å². The molecule has 1 aliphatic heterocycles. The van der Waals surface area contributed by atoms with Crippen molar-refractivity contribution in [3.8, 4) is 0 Å². The van der Waals surface area contributed by atoms with E-state index < -0.39 is 54.2 Å². The lowest BCUT2D eigenvalue weighted by Gasteiger charge is -2.24. The summed E-state index contributed by atoms with van der Waals surface area (Å²) in [6, 6.07) is -1.50. The molecule has 2 heterocycles. The minimum absolute atomic E-state index is 0.127. The number of hydrogen-bond acceptors (Lipinski definition) is 7. The molecule has 3 amide bonds. The van der Waals surface area contributed by atoms with Crippen molar-refractivity contribution in [2.45, 2.75) is 70.1 Å². The van der Waals surface area contributed by atoms with Gasteiger partial charge in [-0.05, 0) is 39.0 Å². The number of Topliss-reactive ketones (excluding diaryl/α,β-unsaturated/α-hetero) is 1. The van der Waals surface area contributed by atoms with E-state index in [1.54, 1.807) is 0 Å². The molecular formula is C22H28F4N4O6. The van der Waals surface area contributed by atoms with E-state index in [4.69, 9.17) is 4.52 Å². The molecule has 0 radical (unpaired) electrons. The van der Waals surface area contributed by atoms with Crippen molar-refractivity contribution in [2.24, 2.45) is 11.8 Å². The highest BCUT2D eigenvalue weighted by Gasteiger charge is 2.37. The molecule has 0 aromatic carbocycles. The van der Waals surface area contributed by atoms with Gasteiger partial charge in [0, 0.05) is 18.5 Å². The van der Waals surface area contributed by atoms with Crippen molar-refractivity contribution >= 4 is 23.5 Å². The van der Waals surface area contributed by atoms with E-state index in [0.29, 0.717) is 13.0 Å². The maximum absolute atomic E-state index is 14.0. The zero-order valence-electron chi connectivity index (χ0n) is 19.7. The van der Waals surface area contributed by atoms with Crippen molar-refractivity contribution in [3.05, 3.63) is 17.5 Å². The Morgan fingerprint density at radius 2 is 1.83 bits per heavy atom. The zero-order chi connectivity index (χ0) is 26.7. The summed E-state index contributed by atoms with van der Waals surface area (Å²) in [4.78, 5) is 50.2. The van der Waals surface area contributed by atoms with E-state index >= 15 is 0 Å². The van der Waals surface area contributed by atoms with Crippen molar-refractivity contribution < 1.29 is 46.0 Å². The van der Waals surface area contributed by atoms with E-state index in [9.17, 15) is 36.7 Å². The van der Waals surface area contributed by atoms with Gasteiger partial charge in [-0.1, -0.05) is 18.0 Å². The maximum Gasteiger partial charge on any atom is 0.522 e. The standard InChI is InChI=1S/C22H28F4N4O6/c1-21(2,23)17-9-15(30-36-17)20(34)29-14(7-11-3-4-11)19(33)28-13(8-12-5-6-27-18(12)32)16(31)10-35-22(24,25)26/h9,11-14H,3-8,10H2,1-2H3,(H,27,32)(H,28,33)(H,29,34)/t12-,13-,14-/m0/s1. The molecule has 2 aliphatic rings. The fourth-order valence-electron chi connectivity index (χ4n) is 3.76. The molecule has 36 heavy (non-hydrogen) atoms. The molecule has 1 aliphatic carbocycles. The predicted molar refractivity (Wildman–Crippen MR) is 114 cm³/mol. The Morgan fingerprint density at radius 1 is 1.14 bits per heavy atom. The minimum atomic E-state index is -5.05. The van der Waals surface area contributed by atoms with Crippen molar-refractivity contribution in [2.75, 3.05) is 13.2 Å². The van der Waals surface area contributed by atoms with Gasteiger partial charge in [0.05, 0.1) is 6.04 Å². The second-order valence-corrected chi connectivity index (χ2v) is 9.53. The summed E-state index contributed by atoms with van der Waals surface area (Å²) in [6.45, 7) is 1.42. The molecule has 0 spiro atoms. The number of ether oxygens (including phenoxy) is 1. The molecule has 1 saturated heterocycles. The number of alkyl halides is 4. The molecule has 200 valence electrons. The highest BCUT2D eigenvalue weighted by molar-refractivity contribution is 5.97. The molecule has 2 fully saturated rings. The molecule has 1 aromatic rings. The third-order valence-corrected chi connectivity index (χ3v) is 5.98. The lowest BCUT2D eigenvalue weighted by molar-refractivity contribution is -0.321. The third kappa shape index (κ3) is 8.00. The molecule has 3 N–H and O–H groups in total. The summed E-state index contributed by atoms with van der Waals surface area (Å²) >= 11 is 0. The normalized spacial score (nSPS) is 19.9. The summed E-state index contributed by atoms with van der Waals surface area (Å²) in [5.41, 5.74) is -2.16. The van der Waals surface area contributed by atoms with Crippen molar-refractivity contribution in [1.82, 2.24) is 21.1 Å². The van der Waals surface area contributed by atoms with Gasteiger partial charge in [-0.3, -0.25) is 23.9 Å². The van der Waals surface area contributed by atoms with Gasteiger partial charge >= 0.3 is 6.36 Å². The summed E-state index contributed by atoms with van der Waals surface area (Å²) in [5, 5.41) is 10.9. The number of hydrogen-bond donors (Lipinski definition) is 3. The lowest BCUT2D eigenvalue weighted by Crippen LogP contribution is -2.53. The van der Waals surface area contributed by atoms with E-state index in [1.165, 1.54) is 13.8 Å². The van der Waals surface area contributed by atoms with Gasteiger partial charge in [0.1, 0.15) is 12.6 Å². The second-order valence-electron chi connectivity index (χ2n) is 9.53. The molecule has 1 saturated carbocycles. The van der Waals surface area contributed by atoms with E-state index in [-0.39, 0.29) is 36.1 Å². The van der Waals surface area contributed by atoms with Crippen LogP contribution in [0.3, 0.4) is 0 Å². The van der Waals surface area contributed by atoms with Crippen LogP contribution in [0.4, 0.5) is 17.6 Å². The van der Waals surface area contributed by atoms with Crippen LogP contribution in [-0.2, 0) is 24.8 Å². The molecule has 10 nitrogen and oxygen atoms in total. The highest BCUT2D eigenvalue weighted by Crippen LogP contribution is 2.34. The number of ketones is 1. The van der Waals surface area contributed by atoms with Gasteiger partial charge in [0.15, 0.2) is 22.9 Å². The van der Waals surface area contributed by atoms with Crippen LogP contribution in [0.5, 0.6) is 0 Å². The Morgan fingerprint density at radius 3 is 2.36 bits per heavy atom. The highest BCUT2D eigenvalue weighted by atomic mass is 19.4. The number of amides is 3. The fourth-order valence-corrected chi connectivity index (χ4v) is 3.76. The van der Waals surface area contributed by atoms with Crippen LogP contribution in [0.15, 0.2) is 10.6 Å². The summed E-state index contributed by atoms with van der Waals surface area (Å²) in [5.74, 6) is -3.83. The first kappa shape index (κ1) is 27.6. The summed E-state index contributed by atoms with van der Waals surface area (Å²) in [7, 11) is 0. The third-order valence-electron chi connectivity index (χ3n) is 5.98. The Bertz CT molecular complexity index is 986. The van der Waals surface area contributed by atoms with E-state index in [2.05, 4.69) is 25.8 Å². The Kier molecular flexibility index (Phi) is 8.37. The van der Waals surface area contributed by atoms with Crippen LogP contribution in [0.25, 0.3) is 0 Å². The Labute approximate surface area is 203 Å². The summed E-state index contributed by atoms with van der Waals surface area (Å²) in [6.07, 6.45) is -3.09. The van der Waals surface area contributed by atoms with Gasteiger partial charge in [0.2, 0.25) is 11.8 Å².